The summed E-state index contributed by atoms with van der Waals surface area (Å²) in [5.41, 5.74) is -0.00252. The minimum atomic E-state index is -0.0768. The van der Waals surface area contributed by atoms with E-state index in [1.807, 2.05) is 0 Å². The van der Waals surface area contributed by atoms with Crippen LogP contribution in [0.3, 0.4) is 0 Å². The molecule has 0 bridgehead atoms. The van der Waals surface area contributed by atoms with Gasteiger partial charge in [-0.25, -0.2) is 0 Å². The van der Waals surface area contributed by atoms with E-state index in [1.54, 1.807) is 0 Å². The summed E-state index contributed by atoms with van der Waals surface area (Å²) in [5, 5.41) is 0. The maximum Gasteiger partial charge on any atom is 0.161 e. The van der Waals surface area contributed by atoms with Crippen LogP contribution in [0, 0.1) is 11.8 Å². The third kappa shape index (κ3) is 7.19. The van der Waals surface area contributed by atoms with Crippen molar-refractivity contribution >= 4 is 0 Å². The topological polar surface area (TPSA) is 27.7 Å². The van der Waals surface area contributed by atoms with Gasteiger partial charge in [0.2, 0.25) is 0 Å². The van der Waals surface area contributed by atoms with Crippen LogP contribution in [0.25, 0.3) is 0 Å². The summed E-state index contributed by atoms with van der Waals surface area (Å²) in [6.45, 7) is 13.7. The summed E-state index contributed by atoms with van der Waals surface area (Å²) in [5.74, 6) is 1.55. The molecule has 0 aromatic rings. The van der Waals surface area contributed by atoms with Crippen molar-refractivity contribution in [3.63, 3.8) is 0 Å². The van der Waals surface area contributed by atoms with Crippen LogP contribution in [0.4, 0.5) is 0 Å². The highest BCUT2D eigenvalue weighted by atomic mass is 16.8. The average Bonchev–Trinajstić information content (AvgIpc) is 3.03. The molecule has 0 aliphatic carbocycles. The monoisotopic (exact) mass is 354 g/mol. The van der Waals surface area contributed by atoms with Gasteiger partial charge in [-0.05, 0) is 51.4 Å². The first kappa shape index (κ1) is 21.2. The first-order valence-corrected chi connectivity index (χ1v) is 10.7. The molecular formula is C22H42O3. The lowest BCUT2D eigenvalue weighted by molar-refractivity contribution is -0.257. The van der Waals surface area contributed by atoms with E-state index >= 15 is 0 Å². The molecule has 3 heteroatoms. The third-order valence-corrected chi connectivity index (χ3v) is 5.93. The Balaban J connectivity index is 1.69. The van der Waals surface area contributed by atoms with E-state index in [1.165, 1.54) is 25.7 Å². The Kier molecular flexibility index (Phi) is 7.79. The fourth-order valence-electron chi connectivity index (χ4n) is 4.21. The minimum absolute atomic E-state index is 0.00126. The zero-order valence-corrected chi connectivity index (χ0v) is 17.6. The van der Waals surface area contributed by atoms with Crippen molar-refractivity contribution < 1.29 is 14.2 Å². The van der Waals surface area contributed by atoms with Crippen LogP contribution in [0.2, 0.25) is 0 Å². The van der Waals surface area contributed by atoms with E-state index in [0.717, 1.165) is 50.4 Å². The summed E-state index contributed by atoms with van der Waals surface area (Å²) in [6.07, 6.45) is 11.4. The molecule has 0 amide bonds. The summed E-state index contributed by atoms with van der Waals surface area (Å²) in [4.78, 5) is 0. The van der Waals surface area contributed by atoms with Crippen molar-refractivity contribution in [3.8, 4) is 0 Å². The fraction of sp³-hybridized carbons (Fsp3) is 1.00. The molecule has 4 unspecified atom stereocenters. The zero-order chi connectivity index (χ0) is 18.5. The van der Waals surface area contributed by atoms with Gasteiger partial charge in [-0.1, -0.05) is 53.4 Å². The molecule has 0 aromatic carbocycles. The zero-order valence-electron chi connectivity index (χ0n) is 17.6. The first-order chi connectivity index (χ1) is 11.7. The Morgan fingerprint density at radius 3 is 1.56 bits per heavy atom. The fourth-order valence-corrected chi connectivity index (χ4v) is 4.21. The Hall–Kier alpha value is -0.120. The van der Waals surface area contributed by atoms with Crippen LogP contribution in [-0.4, -0.2) is 23.8 Å². The number of hydrogen-bond donors (Lipinski definition) is 0. The van der Waals surface area contributed by atoms with E-state index in [2.05, 4.69) is 41.5 Å². The van der Waals surface area contributed by atoms with E-state index < -0.39 is 0 Å². The lowest BCUT2D eigenvalue weighted by Gasteiger charge is -2.28. The molecule has 4 atom stereocenters. The van der Waals surface area contributed by atoms with E-state index in [4.69, 9.17) is 14.2 Å². The third-order valence-electron chi connectivity index (χ3n) is 5.93. The molecule has 148 valence electrons. The maximum atomic E-state index is 6.27. The second-order valence-corrected chi connectivity index (χ2v) is 9.78. The molecular weight excluding hydrogens is 312 g/mol. The quantitative estimate of drug-likeness (QED) is 0.451. The summed E-state index contributed by atoms with van der Waals surface area (Å²) in [6, 6.07) is 0. The van der Waals surface area contributed by atoms with Crippen LogP contribution in [0.5, 0.6) is 0 Å². The van der Waals surface area contributed by atoms with Gasteiger partial charge in [0.1, 0.15) is 0 Å². The van der Waals surface area contributed by atoms with Gasteiger partial charge in [0, 0.05) is 12.8 Å². The predicted octanol–water partition coefficient (Wildman–Crippen LogP) is 6.45. The lowest BCUT2D eigenvalue weighted by atomic mass is 9.93. The molecule has 2 rings (SSSR count). The van der Waals surface area contributed by atoms with Gasteiger partial charge in [0.25, 0.3) is 0 Å². The molecule has 2 fully saturated rings. The highest BCUT2D eigenvalue weighted by Crippen LogP contribution is 2.39. The second kappa shape index (κ2) is 9.19. The highest BCUT2D eigenvalue weighted by Gasteiger charge is 2.41. The Bertz CT molecular complexity index is 359. The molecule has 0 saturated carbocycles. The predicted molar refractivity (Wildman–Crippen MR) is 103 cm³/mol. The maximum absolute atomic E-state index is 6.27. The Morgan fingerprint density at radius 1 is 0.800 bits per heavy atom. The van der Waals surface area contributed by atoms with Crippen molar-refractivity contribution in [2.24, 2.45) is 11.8 Å². The Morgan fingerprint density at radius 2 is 1.20 bits per heavy atom. The van der Waals surface area contributed by atoms with Gasteiger partial charge in [0.15, 0.2) is 12.6 Å². The molecule has 0 N–H and O–H groups in total. The summed E-state index contributed by atoms with van der Waals surface area (Å²) in [7, 11) is 0. The van der Waals surface area contributed by atoms with E-state index in [-0.39, 0.29) is 23.8 Å². The highest BCUT2D eigenvalue weighted by molar-refractivity contribution is 4.85. The average molecular weight is 355 g/mol. The number of hydrogen-bond acceptors (Lipinski definition) is 3. The molecule has 0 radical (unpaired) electrons. The van der Waals surface area contributed by atoms with Crippen LogP contribution in [0.1, 0.15) is 106 Å². The van der Waals surface area contributed by atoms with Crippen molar-refractivity contribution in [2.75, 3.05) is 0 Å². The largest absolute Gasteiger partial charge is 0.346 e. The van der Waals surface area contributed by atoms with Crippen molar-refractivity contribution in [1.82, 2.24) is 0 Å². The van der Waals surface area contributed by atoms with Gasteiger partial charge in [-0.15, -0.1) is 0 Å². The second-order valence-electron chi connectivity index (χ2n) is 9.78. The summed E-state index contributed by atoms with van der Waals surface area (Å²) >= 11 is 0. The van der Waals surface area contributed by atoms with Crippen LogP contribution >= 0.6 is 0 Å². The van der Waals surface area contributed by atoms with Crippen molar-refractivity contribution in [1.29, 1.82) is 0 Å². The molecule has 2 saturated heterocycles. The van der Waals surface area contributed by atoms with Gasteiger partial charge in [-0.2, -0.15) is 0 Å². The normalized spacial score (nSPS) is 36.0. The lowest BCUT2D eigenvalue weighted by Crippen LogP contribution is -2.30. The van der Waals surface area contributed by atoms with E-state index in [9.17, 15) is 0 Å². The number of rotatable bonds is 10. The van der Waals surface area contributed by atoms with Gasteiger partial charge < -0.3 is 14.2 Å². The van der Waals surface area contributed by atoms with Crippen LogP contribution < -0.4 is 0 Å². The molecule has 3 nitrogen and oxygen atoms in total. The Labute approximate surface area is 156 Å². The first-order valence-electron chi connectivity index (χ1n) is 10.7. The molecule has 2 heterocycles. The van der Waals surface area contributed by atoms with Crippen molar-refractivity contribution in [2.45, 2.75) is 130 Å². The van der Waals surface area contributed by atoms with Crippen LogP contribution in [0.15, 0.2) is 0 Å². The molecule has 2 aliphatic heterocycles. The minimum Gasteiger partial charge on any atom is -0.346 e. The SMILES string of the molecule is CC(C)CCCC1(C)CCC(OC2CCC(C)(CCCC(C)C)O2)O1. The van der Waals surface area contributed by atoms with Gasteiger partial charge in [-0.3, -0.25) is 0 Å². The summed E-state index contributed by atoms with van der Waals surface area (Å²) < 4.78 is 18.7. The van der Waals surface area contributed by atoms with E-state index in [0.29, 0.717) is 0 Å². The number of ether oxygens (including phenoxy) is 3. The molecule has 0 spiro atoms. The van der Waals surface area contributed by atoms with Gasteiger partial charge >= 0.3 is 0 Å². The smallest absolute Gasteiger partial charge is 0.161 e. The van der Waals surface area contributed by atoms with Crippen LogP contribution in [-0.2, 0) is 14.2 Å². The molecule has 0 aromatic heterocycles. The van der Waals surface area contributed by atoms with Gasteiger partial charge in [0.05, 0.1) is 11.2 Å². The molecule has 2 aliphatic rings. The van der Waals surface area contributed by atoms with Crippen molar-refractivity contribution in [3.05, 3.63) is 0 Å². The standard InChI is InChI=1S/C22H42O3/c1-17(2)9-7-13-21(5)15-11-19(24-21)23-20-12-16-22(6,25-20)14-8-10-18(3)4/h17-20H,7-16H2,1-6H3. The molecule has 25 heavy (non-hydrogen) atoms.